The predicted molar refractivity (Wildman–Crippen MR) is 137 cm³/mol. The van der Waals surface area contributed by atoms with E-state index in [1.54, 1.807) is 24.6 Å². The highest BCUT2D eigenvalue weighted by Crippen LogP contribution is 2.27. The number of thiazole rings is 1. The van der Waals surface area contributed by atoms with Crippen molar-refractivity contribution in [1.82, 2.24) is 10.3 Å². The van der Waals surface area contributed by atoms with Crippen molar-refractivity contribution in [3.8, 4) is 22.1 Å². The number of hydrogen-bond acceptors (Lipinski definition) is 5. The highest BCUT2D eigenvalue weighted by atomic mass is 35.5. The smallest absolute Gasteiger partial charge is 0.270 e. The second-order valence-electron chi connectivity index (χ2n) is 7.42. The average Bonchev–Trinajstić information content (AvgIpc) is 3.36. The van der Waals surface area contributed by atoms with Crippen LogP contribution in [-0.4, -0.2) is 24.5 Å². The summed E-state index contributed by atoms with van der Waals surface area (Å²) in [7, 11) is 1.64. The zero-order valence-corrected chi connectivity index (χ0v) is 20.7. The van der Waals surface area contributed by atoms with Crippen molar-refractivity contribution in [3.63, 3.8) is 0 Å². The van der Waals surface area contributed by atoms with Crippen LogP contribution in [-0.2, 0) is 13.0 Å². The standard InChI is InChI=1S/C26H22Cl2N2O3S/c1-32-24-5-3-2-4-18(24)12-13-29-25(31)23-16-34-26(30-23)19-7-9-20(10-8-19)33-15-17-6-11-21(27)22(28)14-17/h2-11,14,16H,12-13,15H2,1H3,(H,29,31). The first-order valence-electron chi connectivity index (χ1n) is 10.6. The van der Waals surface area contributed by atoms with Crippen molar-refractivity contribution in [2.75, 3.05) is 13.7 Å². The van der Waals surface area contributed by atoms with Crippen LogP contribution >= 0.6 is 34.5 Å². The van der Waals surface area contributed by atoms with Crippen LogP contribution in [0.1, 0.15) is 21.6 Å². The lowest BCUT2D eigenvalue weighted by molar-refractivity contribution is 0.0950. The van der Waals surface area contributed by atoms with Gasteiger partial charge in [0.25, 0.3) is 5.91 Å². The van der Waals surface area contributed by atoms with Gasteiger partial charge in [0.1, 0.15) is 28.8 Å². The summed E-state index contributed by atoms with van der Waals surface area (Å²) >= 11 is 13.4. The van der Waals surface area contributed by atoms with Gasteiger partial charge in [0.15, 0.2) is 0 Å². The zero-order valence-electron chi connectivity index (χ0n) is 18.4. The van der Waals surface area contributed by atoms with Crippen LogP contribution in [0.15, 0.2) is 72.1 Å². The molecule has 0 radical (unpaired) electrons. The molecule has 0 saturated carbocycles. The van der Waals surface area contributed by atoms with Crippen LogP contribution in [0.5, 0.6) is 11.5 Å². The number of carbonyl (C=O) groups excluding carboxylic acids is 1. The third-order valence-electron chi connectivity index (χ3n) is 5.10. The van der Waals surface area contributed by atoms with Gasteiger partial charge in [-0.2, -0.15) is 0 Å². The minimum atomic E-state index is -0.195. The Bertz CT molecular complexity index is 1280. The van der Waals surface area contributed by atoms with E-state index in [4.69, 9.17) is 32.7 Å². The fourth-order valence-corrected chi connectivity index (χ4v) is 4.44. The Hall–Kier alpha value is -3.06. The third kappa shape index (κ3) is 6.08. The van der Waals surface area contributed by atoms with Gasteiger partial charge in [-0.15, -0.1) is 11.3 Å². The predicted octanol–water partition coefficient (Wildman–Crippen LogP) is 6.68. The molecule has 0 bridgehead atoms. The van der Waals surface area contributed by atoms with E-state index < -0.39 is 0 Å². The van der Waals surface area contributed by atoms with Gasteiger partial charge in [0, 0.05) is 17.5 Å². The molecule has 4 aromatic rings. The van der Waals surface area contributed by atoms with E-state index in [0.29, 0.717) is 35.3 Å². The number of methoxy groups -OCH3 is 1. The molecule has 0 aliphatic carbocycles. The number of nitrogens with one attached hydrogen (secondary N) is 1. The van der Waals surface area contributed by atoms with E-state index in [2.05, 4.69) is 10.3 Å². The Morgan fingerprint density at radius 1 is 1.03 bits per heavy atom. The van der Waals surface area contributed by atoms with Crippen molar-refractivity contribution in [2.24, 2.45) is 0 Å². The summed E-state index contributed by atoms with van der Waals surface area (Å²) in [5, 5.41) is 6.48. The fraction of sp³-hybridized carbons (Fsp3) is 0.154. The van der Waals surface area contributed by atoms with Crippen LogP contribution in [0.2, 0.25) is 10.0 Å². The van der Waals surface area contributed by atoms with Crippen LogP contribution in [0.3, 0.4) is 0 Å². The maximum atomic E-state index is 12.5. The van der Waals surface area contributed by atoms with E-state index in [1.165, 1.54) is 11.3 Å². The lowest BCUT2D eigenvalue weighted by Crippen LogP contribution is -2.26. The van der Waals surface area contributed by atoms with E-state index in [1.807, 2.05) is 54.6 Å². The molecule has 34 heavy (non-hydrogen) atoms. The fourth-order valence-electron chi connectivity index (χ4n) is 3.31. The van der Waals surface area contributed by atoms with E-state index in [-0.39, 0.29) is 5.91 Å². The molecule has 0 fully saturated rings. The normalized spacial score (nSPS) is 10.7. The van der Waals surface area contributed by atoms with Crippen LogP contribution in [0, 0.1) is 0 Å². The van der Waals surface area contributed by atoms with Gasteiger partial charge in [0.2, 0.25) is 0 Å². The quantitative estimate of drug-likeness (QED) is 0.271. The molecule has 8 heteroatoms. The van der Waals surface area contributed by atoms with Gasteiger partial charge in [-0.05, 0) is 60.0 Å². The van der Waals surface area contributed by atoms with Gasteiger partial charge in [-0.3, -0.25) is 4.79 Å². The molecule has 1 aromatic heterocycles. The molecule has 5 nitrogen and oxygen atoms in total. The number of para-hydroxylation sites is 1. The Morgan fingerprint density at radius 2 is 1.82 bits per heavy atom. The number of amides is 1. The molecule has 0 spiro atoms. The Morgan fingerprint density at radius 3 is 2.59 bits per heavy atom. The summed E-state index contributed by atoms with van der Waals surface area (Å²) in [5.74, 6) is 1.34. The van der Waals surface area contributed by atoms with Crippen LogP contribution < -0.4 is 14.8 Å². The third-order valence-corrected chi connectivity index (χ3v) is 6.73. The summed E-state index contributed by atoms with van der Waals surface area (Å²) in [6, 6.07) is 20.8. The molecule has 0 atom stereocenters. The highest BCUT2D eigenvalue weighted by Gasteiger charge is 2.12. The van der Waals surface area contributed by atoms with Crippen molar-refractivity contribution < 1.29 is 14.3 Å². The molecule has 174 valence electrons. The maximum absolute atomic E-state index is 12.5. The number of aromatic nitrogens is 1. The number of hydrogen-bond donors (Lipinski definition) is 1. The Balaban J connectivity index is 1.31. The van der Waals surface area contributed by atoms with E-state index in [9.17, 15) is 4.79 Å². The SMILES string of the molecule is COc1ccccc1CCNC(=O)c1csc(-c2ccc(OCc3ccc(Cl)c(Cl)c3)cc2)n1. The second-order valence-corrected chi connectivity index (χ2v) is 9.09. The first-order valence-corrected chi connectivity index (χ1v) is 12.2. The van der Waals surface area contributed by atoms with Gasteiger partial charge in [-0.1, -0.05) is 47.5 Å². The molecule has 1 heterocycles. The molecule has 3 aromatic carbocycles. The van der Waals surface area contributed by atoms with Crippen molar-refractivity contribution >= 4 is 40.4 Å². The molecule has 0 unspecified atom stereocenters. The van der Waals surface area contributed by atoms with Gasteiger partial charge >= 0.3 is 0 Å². The average molecular weight is 513 g/mol. The van der Waals surface area contributed by atoms with Gasteiger partial charge in [0.05, 0.1) is 17.2 Å². The molecule has 0 aliphatic rings. The first-order chi connectivity index (χ1) is 16.5. The zero-order chi connectivity index (χ0) is 23.9. The minimum absolute atomic E-state index is 0.195. The molecule has 1 amide bonds. The van der Waals surface area contributed by atoms with Gasteiger partial charge in [-0.25, -0.2) is 4.98 Å². The van der Waals surface area contributed by atoms with Gasteiger partial charge < -0.3 is 14.8 Å². The highest BCUT2D eigenvalue weighted by molar-refractivity contribution is 7.13. The lowest BCUT2D eigenvalue weighted by Gasteiger charge is -2.08. The number of carbonyl (C=O) groups is 1. The van der Waals surface area contributed by atoms with Crippen LogP contribution in [0.4, 0.5) is 0 Å². The summed E-state index contributed by atoms with van der Waals surface area (Å²) < 4.78 is 11.2. The van der Waals surface area contributed by atoms with E-state index in [0.717, 1.165) is 33.2 Å². The molecule has 0 aliphatic heterocycles. The molecule has 0 saturated heterocycles. The minimum Gasteiger partial charge on any atom is -0.496 e. The van der Waals surface area contributed by atoms with Crippen LogP contribution in [0.25, 0.3) is 10.6 Å². The first kappa shape index (κ1) is 24.1. The van der Waals surface area contributed by atoms with Crippen molar-refractivity contribution in [2.45, 2.75) is 13.0 Å². The lowest BCUT2D eigenvalue weighted by atomic mass is 10.1. The monoisotopic (exact) mass is 512 g/mol. The summed E-state index contributed by atoms with van der Waals surface area (Å²) in [4.78, 5) is 17.0. The Labute approximate surface area is 212 Å². The summed E-state index contributed by atoms with van der Waals surface area (Å²) in [5.41, 5.74) is 3.30. The largest absolute Gasteiger partial charge is 0.496 e. The number of halogens is 2. The Kier molecular flexibility index (Phi) is 8.06. The number of benzene rings is 3. The maximum Gasteiger partial charge on any atom is 0.270 e. The molecule has 4 rings (SSSR count). The summed E-state index contributed by atoms with van der Waals surface area (Å²) in [6.07, 6.45) is 0.677. The summed E-state index contributed by atoms with van der Waals surface area (Å²) in [6.45, 7) is 0.879. The molecular weight excluding hydrogens is 491 g/mol. The topological polar surface area (TPSA) is 60.5 Å². The second kappa shape index (κ2) is 11.4. The van der Waals surface area contributed by atoms with Crippen molar-refractivity contribution in [3.05, 3.63) is 99.0 Å². The number of rotatable bonds is 9. The molecule has 1 N–H and O–H groups in total. The number of ether oxygens (including phenoxy) is 2. The van der Waals surface area contributed by atoms with Crippen molar-refractivity contribution in [1.29, 1.82) is 0 Å². The number of nitrogens with zero attached hydrogens (tertiary/aromatic N) is 1. The molecular formula is C26H22Cl2N2O3S. The van der Waals surface area contributed by atoms with E-state index >= 15 is 0 Å².